The SMILES string of the molecule is C.CCOC(=O)c1ccc(B(O)O)cc1.CCOC(=O)c1ccc(C2=Nc3ccccc3S(=O)(=O)c3ccccc32)cc1.CCOC(=O)c1ccc(C2=Nc3ccccc3Sc3ccccc32)cc1.ClC1=Nc2ccccc2Cc2ccccc21.O=C(NO)c1ccc(C2=Nc3ccccc3S(=O)(=O)c3ccccc32)cc1.O=C1Nc2ccccc2Sc2ccccc21.O=P(Cl)(Cl)Cl. The van der Waals surface area contributed by atoms with E-state index < -0.39 is 49.8 Å². The van der Waals surface area contributed by atoms with Crippen LogP contribution in [0.1, 0.15) is 130 Å². The van der Waals surface area contributed by atoms with Gasteiger partial charge in [0, 0.05) is 70.5 Å². The van der Waals surface area contributed by atoms with Gasteiger partial charge in [0.15, 0.2) is 0 Å². The van der Waals surface area contributed by atoms with Crippen LogP contribution in [0, 0.1) is 0 Å². The van der Waals surface area contributed by atoms with Gasteiger partial charge in [0.2, 0.25) is 19.7 Å². The number of para-hydroxylation sites is 5. The molecule has 0 atom stereocenters. The highest BCUT2D eigenvalue weighted by Gasteiger charge is 2.32. The Hall–Kier alpha value is -13.0. The van der Waals surface area contributed by atoms with E-state index in [0.29, 0.717) is 92.2 Å². The van der Waals surface area contributed by atoms with Gasteiger partial charge in [-0.2, -0.15) is 0 Å². The third kappa shape index (κ3) is 24.9. The number of anilines is 1. The van der Waals surface area contributed by atoms with Crippen LogP contribution in [-0.4, -0.2) is 111 Å². The van der Waals surface area contributed by atoms with Crippen LogP contribution >= 0.6 is 74.0 Å². The summed E-state index contributed by atoms with van der Waals surface area (Å²) in [5.41, 5.74) is 17.8. The zero-order valence-electron chi connectivity index (χ0n) is 70.3. The normalized spacial score (nSPS) is 13.0. The summed E-state index contributed by atoms with van der Waals surface area (Å²) in [5, 5.41) is 26.6. The fourth-order valence-corrected chi connectivity index (χ4v) is 19.3. The van der Waals surface area contributed by atoms with Crippen molar-refractivity contribution in [3.8, 4) is 0 Å². The van der Waals surface area contributed by atoms with Crippen molar-refractivity contribution in [1.29, 1.82) is 0 Å². The zero-order chi connectivity index (χ0) is 93.6. The highest BCUT2D eigenvalue weighted by atomic mass is 36.0. The average Bonchev–Trinajstić information content (AvgIpc) is 1.62. The fourth-order valence-electron chi connectivity index (χ4n) is 13.8. The molecule has 672 valence electrons. The molecule has 2 amide bonds. The van der Waals surface area contributed by atoms with Crippen molar-refractivity contribution < 1.29 is 74.8 Å². The van der Waals surface area contributed by atoms with Gasteiger partial charge in [0.05, 0.1) is 107 Å². The number of hydrogen-bond acceptors (Lipinski definition) is 22. The lowest BCUT2D eigenvalue weighted by atomic mass is 9.80. The van der Waals surface area contributed by atoms with Crippen molar-refractivity contribution in [2.45, 2.75) is 73.8 Å². The van der Waals surface area contributed by atoms with Crippen molar-refractivity contribution in [3.05, 3.63) is 418 Å². The predicted molar refractivity (Wildman–Crippen MR) is 527 cm³/mol. The van der Waals surface area contributed by atoms with E-state index in [4.69, 9.17) is 46.1 Å². The van der Waals surface area contributed by atoms with E-state index in [-0.39, 0.29) is 44.4 Å². The number of hydroxylamine groups is 1. The van der Waals surface area contributed by atoms with Crippen molar-refractivity contribution >= 4 is 187 Å². The number of aliphatic imine (C=N–C) groups is 4. The van der Waals surface area contributed by atoms with Crippen molar-refractivity contribution in [2.24, 2.45) is 20.0 Å². The third-order valence-corrected chi connectivity index (χ3v) is 26.3. The molecule has 0 aromatic heterocycles. The van der Waals surface area contributed by atoms with Gasteiger partial charge in [-0.25, -0.2) is 56.7 Å². The smallest absolute Gasteiger partial charge is 0.462 e. The topological polar surface area (TPSA) is 333 Å². The quantitative estimate of drug-likeness (QED) is 0.0201. The van der Waals surface area contributed by atoms with E-state index in [1.54, 1.807) is 195 Å². The predicted octanol–water partition coefficient (Wildman–Crippen LogP) is 23.1. The highest BCUT2D eigenvalue weighted by molar-refractivity contribution is 8.24. The standard InChI is InChI=1S/C22H17NO4S.C22H17NO2S.C20H14N2O4S.C14H10ClN.C13H9NOS.C9H11BO4.CH4.Cl3OP/c1-2-27-22(24)16-13-11-15(12-14-16)21-17-7-3-5-9-19(17)28(25,26)20-10-6-4-8-18(20)23-21;1-2-25-22(24)16-13-11-15(12-14-16)21-17-7-3-5-9-19(17)26-20-10-6-4-8-18(20)23-21;23-20(22-24)14-11-9-13(10-12-14)19-15-5-1-3-7-17(15)27(25,26)18-8-4-2-6-16(18)21-19;15-14-12-7-3-1-5-10(12)9-11-6-2-4-8-13(11)16-14;15-13-9-5-1-3-7-11(9)16-12-8-4-2-6-10(12)14-13;1-2-14-9(11)7-3-5-8(6-4-7)10(12)13;;1-5(2,3)4/h3-14H,2H2,1H3;3-14H,2H2,1H3;1-12,24H,(H,22,23);1-8H,9H2;1-8H,(H,14,15);3-6,12-13H,2H2,1H3;1H4;. The molecule has 32 heteroatoms. The fraction of sp³-hybridized carbons (Fsp3) is 0.0792. The van der Waals surface area contributed by atoms with Gasteiger partial charge in [-0.3, -0.25) is 19.4 Å². The minimum atomic E-state index is -3.72. The lowest BCUT2D eigenvalue weighted by molar-refractivity contribution is 0.0516. The number of rotatable bonds is 11. The summed E-state index contributed by atoms with van der Waals surface area (Å²) in [6.07, 6.45) is 0.895. The molecule has 0 spiro atoms. The summed E-state index contributed by atoms with van der Waals surface area (Å²) in [6, 6.07) is 102. The molecule has 5 N–H and O–H groups in total. The molecular formula is C101H82BCl4N6O16PS4. The van der Waals surface area contributed by atoms with Gasteiger partial charge in [-0.15, -0.1) is 0 Å². The van der Waals surface area contributed by atoms with Crippen LogP contribution in [0.2, 0.25) is 0 Å². The lowest BCUT2D eigenvalue weighted by Gasteiger charge is -2.10. The molecule has 5 aliphatic heterocycles. The number of nitrogens with one attached hydrogen (secondary N) is 2. The highest BCUT2D eigenvalue weighted by Crippen LogP contribution is 2.61. The molecule has 0 radical (unpaired) electrons. The number of carbonyl (C=O) groups is 5. The molecule has 0 unspecified atom stereocenters. The van der Waals surface area contributed by atoms with E-state index >= 15 is 0 Å². The van der Waals surface area contributed by atoms with Gasteiger partial charge < -0.3 is 29.6 Å². The third-order valence-electron chi connectivity index (χ3n) is 20.0. The molecule has 0 saturated carbocycles. The minimum Gasteiger partial charge on any atom is -0.462 e. The number of ether oxygens (including phenoxy) is 3. The van der Waals surface area contributed by atoms with E-state index in [1.165, 1.54) is 52.4 Å². The maximum absolute atomic E-state index is 13.2. The summed E-state index contributed by atoms with van der Waals surface area (Å²) in [4.78, 5) is 82.3. The van der Waals surface area contributed by atoms with E-state index in [2.05, 4.69) is 84.3 Å². The van der Waals surface area contributed by atoms with Crippen molar-refractivity contribution in [2.75, 3.05) is 25.1 Å². The number of esters is 3. The summed E-state index contributed by atoms with van der Waals surface area (Å²) >= 11 is 23.4. The molecule has 5 aliphatic rings. The summed E-state index contributed by atoms with van der Waals surface area (Å²) in [5.74, 6) is -1.77. The molecule has 0 fully saturated rings. The van der Waals surface area contributed by atoms with Crippen LogP contribution in [0.25, 0.3) is 0 Å². The Kier molecular flexibility index (Phi) is 34.2. The van der Waals surface area contributed by atoms with E-state index in [9.17, 15) is 45.4 Å². The van der Waals surface area contributed by atoms with E-state index in [0.717, 1.165) is 66.1 Å². The van der Waals surface area contributed by atoms with Crippen LogP contribution in [-0.2, 0) is 44.9 Å². The first-order valence-corrected chi connectivity index (χ1v) is 50.0. The monoisotopic (exact) mass is 1940 g/mol. The first-order valence-electron chi connectivity index (χ1n) is 40.6. The second-order valence-electron chi connectivity index (χ2n) is 28.5. The van der Waals surface area contributed by atoms with Crippen LogP contribution in [0.3, 0.4) is 0 Å². The molecule has 0 bridgehead atoms. The van der Waals surface area contributed by atoms with Crippen molar-refractivity contribution in [1.82, 2.24) is 5.48 Å². The summed E-state index contributed by atoms with van der Waals surface area (Å²) in [6.45, 7) is 6.27. The lowest BCUT2D eigenvalue weighted by Crippen LogP contribution is -2.29. The molecule has 5 heterocycles. The number of nitrogens with zero attached hydrogens (tertiary/aromatic N) is 4. The Balaban J connectivity index is 0.000000145. The van der Waals surface area contributed by atoms with Crippen LogP contribution in [0.5, 0.6) is 0 Å². The van der Waals surface area contributed by atoms with Crippen LogP contribution in [0.4, 0.5) is 28.4 Å². The number of fused-ring (bicyclic) bond motifs is 10. The van der Waals surface area contributed by atoms with Crippen molar-refractivity contribution in [3.63, 3.8) is 0 Å². The number of benzene rings is 14. The second-order valence-corrected chi connectivity index (χ2v) is 41.5. The maximum atomic E-state index is 13.2. The second kappa shape index (κ2) is 45.9. The minimum absolute atomic E-state index is 0. The summed E-state index contributed by atoms with van der Waals surface area (Å²) in [7, 11) is -8.92. The van der Waals surface area contributed by atoms with Gasteiger partial charge in [0.25, 0.3) is 11.8 Å². The molecule has 19 rings (SSSR count). The number of amides is 2. The van der Waals surface area contributed by atoms with Gasteiger partial charge >= 0.3 is 30.2 Å². The first-order chi connectivity index (χ1) is 63.6. The van der Waals surface area contributed by atoms with Crippen LogP contribution < -0.4 is 16.3 Å². The van der Waals surface area contributed by atoms with Gasteiger partial charge in [-0.1, -0.05) is 249 Å². The largest absolute Gasteiger partial charge is 0.488 e. The van der Waals surface area contributed by atoms with E-state index in [1.807, 2.05) is 127 Å². The van der Waals surface area contributed by atoms with Crippen LogP contribution in [0.15, 0.2) is 399 Å². The average molecular weight is 1950 g/mol. The number of sulfone groups is 2. The number of halogens is 4. The molecule has 0 saturated heterocycles. The maximum Gasteiger partial charge on any atom is 0.488 e. The Morgan fingerprint density at radius 1 is 0.398 bits per heavy atom. The Labute approximate surface area is 797 Å². The molecule has 14 aromatic rings. The van der Waals surface area contributed by atoms with Gasteiger partial charge in [0.1, 0.15) is 5.17 Å². The summed E-state index contributed by atoms with van der Waals surface area (Å²) < 4.78 is 76.9. The zero-order valence-corrected chi connectivity index (χ0v) is 77.5. The number of hydrogen-bond donors (Lipinski definition) is 5. The molecule has 133 heavy (non-hydrogen) atoms. The molecule has 14 aromatic carbocycles. The Morgan fingerprint density at radius 2 is 0.729 bits per heavy atom. The van der Waals surface area contributed by atoms with Gasteiger partial charge in [-0.05, 0) is 205 Å². The number of carbonyl (C=O) groups excluding carboxylic acids is 5. The molecular weight excluding hydrogens is 1870 g/mol. The Morgan fingerprint density at radius 3 is 1.19 bits per heavy atom. The molecule has 0 aliphatic carbocycles. The Bertz CT molecular complexity index is 7080. The first kappa shape index (κ1) is 99.1. The molecule has 22 nitrogen and oxygen atoms in total.